The number of phenols is 1. The van der Waals surface area contributed by atoms with Crippen LogP contribution in [0.4, 0.5) is 0 Å². The van der Waals surface area contributed by atoms with E-state index in [1.54, 1.807) is 30.0 Å². The highest BCUT2D eigenvalue weighted by Crippen LogP contribution is 2.32. The van der Waals surface area contributed by atoms with Gasteiger partial charge in [-0.05, 0) is 54.1 Å². The van der Waals surface area contributed by atoms with Crippen molar-refractivity contribution in [3.63, 3.8) is 0 Å². The first kappa shape index (κ1) is 18.9. The molecule has 1 heterocycles. The Hall–Kier alpha value is -2.47. The fourth-order valence-corrected chi connectivity index (χ4v) is 4.26. The highest BCUT2D eigenvalue weighted by Gasteiger charge is 2.16. The topological polar surface area (TPSA) is 50.9 Å². The maximum Gasteiger partial charge on any atom is 0.196 e. The van der Waals surface area contributed by atoms with Crippen LogP contribution in [-0.4, -0.2) is 19.9 Å². The molecule has 0 atom stereocenters. The second kappa shape index (κ2) is 8.27. The fourth-order valence-electron chi connectivity index (χ4n) is 2.75. The highest BCUT2D eigenvalue weighted by atomic mass is 35.5. The molecule has 3 aromatic carbocycles. The second-order valence-corrected chi connectivity index (χ2v) is 7.83. The van der Waals surface area contributed by atoms with Gasteiger partial charge in [0.05, 0.1) is 0 Å². The van der Waals surface area contributed by atoms with Crippen molar-refractivity contribution < 1.29 is 5.11 Å². The molecule has 0 fully saturated rings. The highest BCUT2D eigenvalue weighted by molar-refractivity contribution is 7.98. The van der Waals surface area contributed by atoms with E-state index in [9.17, 15) is 5.11 Å². The van der Waals surface area contributed by atoms with Crippen molar-refractivity contribution in [1.29, 1.82) is 0 Å². The molecular weight excluding hydrogens is 413 g/mol. The fraction of sp³-hybridized carbons (Fsp3) is 0.0476. The van der Waals surface area contributed by atoms with E-state index in [1.807, 2.05) is 59.2 Å². The minimum absolute atomic E-state index is 0.210. The van der Waals surface area contributed by atoms with Gasteiger partial charge in [0.1, 0.15) is 5.75 Å². The summed E-state index contributed by atoms with van der Waals surface area (Å²) >= 11 is 13.8. The summed E-state index contributed by atoms with van der Waals surface area (Å²) in [7, 11) is 0. The Morgan fingerprint density at radius 1 is 0.893 bits per heavy atom. The zero-order valence-electron chi connectivity index (χ0n) is 14.6. The standard InChI is InChI=1S/C21H15Cl2N3OS/c22-16-9-6-15(19(23)12-16)13-28-21-25-24-20(14-7-10-18(27)11-8-14)26(21)17-4-2-1-3-5-17/h1-12,27H,13H2. The molecule has 0 spiro atoms. The van der Waals surface area contributed by atoms with Crippen LogP contribution in [0.15, 0.2) is 78.0 Å². The van der Waals surface area contributed by atoms with Crippen LogP contribution in [0, 0.1) is 0 Å². The van der Waals surface area contributed by atoms with Crippen LogP contribution in [0.3, 0.4) is 0 Å². The Balaban J connectivity index is 1.72. The van der Waals surface area contributed by atoms with Gasteiger partial charge in [0.2, 0.25) is 0 Å². The van der Waals surface area contributed by atoms with E-state index in [-0.39, 0.29) is 5.75 Å². The monoisotopic (exact) mass is 427 g/mol. The van der Waals surface area contributed by atoms with Crippen LogP contribution in [0.5, 0.6) is 5.75 Å². The molecular formula is C21H15Cl2N3OS. The molecule has 140 valence electrons. The number of aromatic nitrogens is 3. The first-order valence-corrected chi connectivity index (χ1v) is 10.2. The zero-order chi connectivity index (χ0) is 19.5. The Labute approximate surface area is 176 Å². The lowest BCUT2D eigenvalue weighted by Gasteiger charge is -2.11. The average molecular weight is 428 g/mol. The number of aromatic hydroxyl groups is 1. The van der Waals surface area contributed by atoms with E-state index in [0.29, 0.717) is 21.6 Å². The van der Waals surface area contributed by atoms with E-state index in [1.165, 1.54) is 0 Å². The van der Waals surface area contributed by atoms with E-state index >= 15 is 0 Å². The third kappa shape index (κ3) is 4.02. The van der Waals surface area contributed by atoms with Crippen LogP contribution in [0.25, 0.3) is 17.1 Å². The quantitative estimate of drug-likeness (QED) is 0.383. The average Bonchev–Trinajstić information content (AvgIpc) is 3.12. The lowest BCUT2D eigenvalue weighted by molar-refractivity contribution is 0.475. The number of thioether (sulfide) groups is 1. The summed E-state index contributed by atoms with van der Waals surface area (Å²) in [5.74, 6) is 1.55. The molecule has 1 aromatic heterocycles. The molecule has 1 N–H and O–H groups in total. The molecule has 0 saturated carbocycles. The van der Waals surface area contributed by atoms with Crippen molar-refractivity contribution in [1.82, 2.24) is 14.8 Å². The molecule has 0 saturated heterocycles. The lowest BCUT2D eigenvalue weighted by Crippen LogP contribution is -1.99. The van der Waals surface area contributed by atoms with Crippen molar-refractivity contribution in [3.05, 3.63) is 88.4 Å². The smallest absolute Gasteiger partial charge is 0.196 e. The molecule has 4 nitrogen and oxygen atoms in total. The van der Waals surface area contributed by atoms with Crippen LogP contribution < -0.4 is 0 Å². The van der Waals surface area contributed by atoms with Crippen LogP contribution >= 0.6 is 35.0 Å². The van der Waals surface area contributed by atoms with Gasteiger partial charge in [-0.15, -0.1) is 10.2 Å². The summed E-state index contributed by atoms with van der Waals surface area (Å²) < 4.78 is 2.00. The summed E-state index contributed by atoms with van der Waals surface area (Å²) in [6, 6.07) is 22.3. The summed E-state index contributed by atoms with van der Waals surface area (Å²) in [6.45, 7) is 0. The molecule has 0 amide bonds. The number of benzene rings is 3. The minimum Gasteiger partial charge on any atom is -0.508 e. The van der Waals surface area contributed by atoms with Crippen molar-refractivity contribution in [2.45, 2.75) is 10.9 Å². The maximum absolute atomic E-state index is 9.58. The first-order valence-electron chi connectivity index (χ1n) is 8.49. The molecule has 0 aliphatic rings. The minimum atomic E-state index is 0.210. The summed E-state index contributed by atoms with van der Waals surface area (Å²) in [5, 5.41) is 20.4. The van der Waals surface area contributed by atoms with Gasteiger partial charge < -0.3 is 5.11 Å². The molecule has 0 radical (unpaired) electrons. The van der Waals surface area contributed by atoms with E-state index < -0.39 is 0 Å². The second-order valence-electron chi connectivity index (χ2n) is 6.05. The summed E-state index contributed by atoms with van der Waals surface area (Å²) in [5.41, 5.74) is 2.80. The van der Waals surface area contributed by atoms with Gasteiger partial charge >= 0.3 is 0 Å². The van der Waals surface area contributed by atoms with Gasteiger partial charge in [-0.3, -0.25) is 4.57 Å². The molecule has 0 bridgehead atoms. The number of hydrogen-bond acceptors (Lipinski definition) is 4. The largest absolute Gasteiger partial charge is 0.508 e. The summed E-state index contributed by atoms with van der Waals surface area (Å²) in [6.07, 6.45) is 0. The number of rotatable bonds is 5. The number of halogens is 2. The Kier molecular flexibility index (Phi) is 5.57. The van der Waals surface area contributed by atoms with Crippen molar-refractivity contribution in [2.24, 2.45) is 0 Å². The number of phenolic OH excluding ortho intramolecular Hbond substituents is 1. The first-order chi connectivity index (χ1) is 13.6. The van der Waals surface area contributed by atoms with Gasteiger partial charge in [-0.25, -0.2) is 0 Å². The Morgan fingerprint density at radius 2 is 1.64 bits per heavy atom. The van der Waals surface area contributed by atoms with Crippen LogP contribution in [-0.2, 0) is 5.75 Å². The normalized spacial score (nSPS) is 10.9. The maximum atomic E-state index is 9.58. The Bertz CT molecular complexity index is 1100. The third-order valence-corrected chi connectivity index (χ3v) is 5.71. The number of hydrogen-bond donors (Lipinski definition) is 1. The van der Waals surface area contributed by atoms with Gasteiger partial charge in [0, 0.05) is 27.0 Å². The molecule has 28 heavy (non-hydrogen) atoms. The molecule has 4 rings (SSSR count). The van der Waals surface area contributed by atoms with Crippen molar-refractivity contribution >= 4 is 35.0 Å². The van der Waals surface area contributed by atoms with E-state index in [2.05, 4.69) is 10.2 Å². The van der Waals surface area contributed by atoms with Crippen molar-refractivity contribution in [2.75, 3.05) is 0 Å². The van der Waals surface area contributed by atoms with Crippen molar-refractivity contribution in [3.8, 4) is 22.8 Å². The van der Waals surface area contributed by atoms with Gasteiger partial charge in [-0.1, -0.05) is 59.2 Å². The predicted octanol–water partition coefficient (Wildman–Crippen LogP) is 6.24. The SMILES string of the molecule is Oc1ccc(-c2nnc(SCc3ccc(Cl)cc3Cl)n2-c2ccccc2)cc1. The molecule has 0 unspecified atom stereocenters. The third-order valence-electron chi connectivity index (χ3n) is 4.15. The van der Waals surface area contributed by atoms with Gasteiger partial charge in [0.15, 0.2) is 11.0 Å². The molecule has 7 heteroatoms. The molecule has 0 aliphatic heterocycles. The number of para-hydroxylation sites is 1. The van der Waals surface area contributed by atoms with Gasteiger partial charge in [0.25, 0.3) is 0 Å². The van der Waals surface area contributed by atoms with Gasteiger partial charge in [-0.2, -0.15) is 0 Å². The van der Waals surface area contributed by atoms with Crippen LogP contribution in [0.2, 0.25) is 10.0 Å². The zero-order valence-corrected chi connectivity index (χ0v) is 16.9. The predicted molar refractivity (Wildman–Crippen MR) is 114 cm³/mol. The lowest BCUT2D eigenvalue weighted by atomic mass is 10.2. The number of nitrogens with zero attached hydrogens (tertiary/aromatic N) is 3. The molecule has 4 aromatic rings. The van der Waals surface area contributed by atoms with E-state index in [4.69, 9.17) is 23.2 Å². The molecule has 0 aliphatic carbocycles. The van der Waals surface area contributed by atoms with Crippen LogP contribution in [0.1, 0.15) is 5.56 Å². The Morgan fingerprint density at radius 3 is 2.36 bits per heavy atom. The van der Waals surface area contributed by atoms with E-state index in [0.717, 1.165) is 22.0 Å². The summed E-state index contributed by atoms with van der Waals surface area (Å²) in [4.78, 5) is 0.